The zero-order chi connectivity index (χ0) is 13.6. The lowest BCUT2D eigenvalue weighted by molar-refractivity contribution is 0.0697. The van der Waals surface area contributed by atoms with Gasteiger partial charge in [-0.1, -0.05) is 0 Å². The number of benzene rings is 1. The zero-order valence-corrected chi connectivity index (χ0v) is 11.3. The fourth-order valence-corrected chi connectivity index (χ4v) is 3.08. The van der Waals surface area contributed by atoms with E-state index in [-0.39, 0.29) is 16.0 Å². The predicted molar refractivity (Wildman–Crippen MR) is 75.0 cm³/mol. The number of nitrogens with one attached hydrogen (secondary N) is 1. The van der Waals surface area contributed by atoms with Crippen LogP contribution in [-0.4, -0.2) is 31.6 Å². The third-order valence-electron chi connectivity index (χ3n) is 3.71. The summed E-state index contributed by atoms with van der Waals surface area (Å²) >= 11 is 1.79. The van der Waals surface area contributed by atoms with Gasteiger partial charge in [-0.15, -0.1) is 0 Å². The van der Waals surface area contributed by atoms with Gasteiger partial charge in [0, 0.05) is 11.3 Å². The third-order valence-corrected chi connectivity index (χ3v) is 5.11. The number of hydrogen-bond donors (Lipinski definition) is 2. The summed E-state index contributed by atoms with van der Waals surface area (Å²) in [5.41, 5.74) is 1.38. The molecule has 0 bridgehead atoms. The normalized spacial score (nSPS) is 16.7. The monoisotopic (exact) mass is 278 g/mol. The van der Waals surface area contributed by atoms with E-state index < -0.39 is 5.97 Å². The molecule has 0 atom stereocenters. The van der Waals surface area contributed by atoms with Gasteiger partial charge in [0.05, 0.1) is 16.6 Å². The van der Waals surface area contributed by atoms with E-state index in [1.165, 1.54) is 12.1 Å². The van der Waals surface area contributed by atoms with Crippen molar-refractivity contribution in [1.29, 1.82) is 0 Å². The SMILES string of the molecule is CSC1(Cn2c(=O)[nH]c3cc(C(=O)O)ccc32)CC1. The molecule has 0 spiro atoms. The predicted octanol–water partition coefficient (Wildman–Crippen LogP) is 1.92. The van der Waals surface area contributed by atoms with Crippen LogP contribution in [0, 0.1) is 0 Å². The summed E-state index contributed by atoms with van der Waals surface area (Å²) in [4.78, 5) is 25.6. The van der Waals surface area contributed by atoms with Gasteiger partial charge in [0.1, 0.15) is 0 Å². The quantitative estimate of drug-likeness (QED) is 0.896. The van der Waals surface area contributed by atoms with E-state index in [9.17, 15) is 9.59 Å². The lowest BCUT2D eigenvalue weighted by Gasteiger charge is -2.12. The second kappa shape index (κ2) is 4.16. The lowest BCUT2D eigenvalue weighted by Crippen LogP contribution is -2.23. The largest absolute Gasteiger partial charge is 0.478 e. The highest BCUT2D eigenvalue weighted by Gasteiger charge is 2.42. The number of carboxylic acids is 1. The molecule has 1 aromatic heterocycles. The molecular weight excluding hydrogens is 264 g/mol. The molecule has 1 saturated carbocycles. The van der Waals surface area contributed by atoms with Gasteiger partial charge in [-0.25, -0.2) is 9.59 Å². The fraction of sp³-hybridized carbons (Fsp3) is 0.385. The van der Waals surface area contributed by atoms with Gasteiger partial charge in [-0.05, 0) is 37.3 Å². The Morgan fingerprint density at radius 2 is 2.26 bits per heavy atom. The average Bonchev–Trinajstić information content (AvgIpc) is 3.10. The van der Waals surface area contributed by atoms with Crippen molar-refractivity contribution in [1.82, 2.24) is 9.55 Å². The van der Waals surface area contributed by atoms with E-state index in [4.69, 9.17) is 5.11 Å². The van der Waals surface area contributed by atoms with Crippen LogP contribution >= 0.6 is 11.8 Å². The van der Waals surface area contributed by atoms with Crippen LogP contribution in [0.4, 0.5) is 0 Å². The second-order valence-electron chi connectivity index (χ2n) is 4.94. The van der Waals surface area contributed by atoms with E-state index in [2.05, 4.69) is 11.2 Å². The van der Waals surface area contributed by atoms with Gasteiger partial charge >= 0.3 is 11.7 Å². The molecule has 1 heterocycles. The first kappa shape index (κ1) is 12.3. The molecule has 5 nitrogen and oxygen atoms in total. The number of nitrogens with zero attached hydrogens (tertiary/aromatic N) is 1. The van der Waals surface area contributed by atoms with Crippen molar-refractivity contribution < 1.29 is 9.90 Å². The van der Waals surface area contributed by atoms with Gasteiger partial charge in [0.15, 0.2) is 0 Å². The number of H-pyrrole nitrogens is 1. The molecule has 0 aliphatic heterocycles. The molecule has 2 N–H and O–H groups in total. The van der Waals surface area contributed by atoms with Crippen molar-refractivity contribution in [3.05, 3.63) is 34.2 Å². The number of thioether (sulfide) groups is 1. The van der Waals surface area contributed by atoms with Crippen molar-refractivity contribution in [3.63, 3.8) is 0 Å². The van der Waals surface area contributed by atoms with Gasteiger partial charge in [-0.3, -0.25) is 4.57 Å². The second-order valence-corrected chi connectivity index (χ2v) is 6.21. The molecular formula is C13H14N2O3S. The third kappa shape index (κ3) is 2.06. The number of hydrogen-bond acceptors (Lipinski definition) is 3. The summed E-state index contributed by atoms with van der Waals surface area (Å²) in [6, 6.07) is 4.74. The summed E-state index contributed by atoms with van der Waals surface area (Å²) in [5, 5.41) is 8.95. The minimum Gasteiger partial charge on any atom is -0.478 e. The van der Waals surface area contributed by atoms with Crippen LogP contribution in [0.5, 0.6) is 0 Å². The maximum Gasteiger partial charge on any atom is 0.335 e. The molecule has 0 amide bonds. The van der Waals surface area contributed by atoms with Crippen molar-refractivity contribution in [3.8, 4) is 0 Å². The number of carboxylic acid groups (broad SMARTS) is 1. The highest BCUT2D eigenvalue weighted by Crippen LogP contribution is 2.48. The van der Waals surface area contributed by atoms with Crippen LogP contribution in [-0.2, 0) is 6.54 Å². The van der Waals surface area contributed by atoms with Crippen molar-refractivity contribution in [2.24, 2.45) is 0 Å². The van der Waals surface area contributed by atoms with Crippen LogP contribution < -0.4 is 5.69 Å². The maximum absolute atomic E-state index is 12.0. The standard InChI is InChI=1S/C13H14N2O3S/c1-19-13(4-5-13)7-15-10-3-2-8(11(16)17)6-9(10)14-12(15)18/h2-3,6H,4-5,7H2,1H3,(H,14,18)(H,16,17). The summed E-state index contributed by atoms with van der Waals surface area (Å²) in [6.07, 6.45) is 4.32. The summed E-state index contributed by atoms with van der Waals surface area (Å²) in [7, 11) is 0. The number of aromatic carboxylic acids is 1. The van der Waals surface area contributed by atoms with Crippen LogP contribution in [0.3, 0.4) is 0 Å². The first-order valence-corrected chi connectivity index (χ1v) is 7.28. The molecule has 0 saturated heterocycles. The lowest BCUT2D eigenvalue weighted by atomic mass is 10.2. The Kier molecular flexibility index (Phi) is 2.70. The molecule has 6 heteroatoms. The maximum atomic E-state index is 12.0. The van der Waals surface area contributed by atoms with E-state index in [1.807, 2.05) is 0 Å². The number of aromatic nitrogens is 2. The van der Waals surface area contributed by atoms with Crippen LogP contribution in [0.2, 0.25) is 0 Å². The van der Waals surface area contributed by atoms with Crippen molar-refractivity contribution in [2.75, 3.05) is 6.26 Å². The number of carbonyl (C=O) groups is 1. The first-order valence-electron chi connectivity index (χ1n) is 6.06. The topological polar surface area (TPSA) is 75.1 Å². The van der Waals surface area contributed by atoms with E-state index in [0.717, 1.165) is 18.4 Å². The molecule has 3 rings (SSSR count). The molecule has 100 valence electrons. The molecule has 0 radical (unpaired) electrons. The molecule has 1 aliphatic rings. The minimum absolute atomic E-state index is 0.169. The zero-order valence-electron chi connectivity index (χ0n) is 10.5. The van der Waals surface area contributed by atoms with E-state index in [1.54, 1.807) is 22.4 Å². The Morgan fingerprint density at radius 3 is 2.84 bits per heavy atom. The van der Waals surface area contributed by atoms with Crippen LogP contribution in [0.15, 0.2) is 23.0 Å². The first-order chi connectivity index (χ1) is 9.04. The van der Waals surface area contributed by atoms with Crippen LogP contribution in [0.1, 0.15) is 23.2 Å². The highest BCUT2D eigenvalue weighted by atomic mass is 32.2. The Bertz CT molecular complexity index is 712. The molecule has 1 aromatic carbocycles. The minimum atomic E-state index is -0.988. The van der Waals surface area contributed by atoms with Crippen molar-refractivity contribution >= 4 is 28.8 Å². The average molecular weight is 278 g/mol. The number of aromatic amines is 1. The van der Waals surface area contributed by atoms with E-state index in [0.29, 0.717) is 12.1 Å². The molecule has 19 heavy (non-hydrogen) atoms. The highest BCUT2D eigenvalue weighted by molar-refractivity contribution is 8.00. The number of imidazole rings is 1. The van der Waals surface area contributed by atoms with E-state index >= 15 is 0 Å². The summed E-state index contributed by atoms with van der Waals surface area (Å²) in [6.45, 7) is 0.680. The Balaban J connectivity index is 2.07. The van der Waals surface area contributed by atoms with Crippen LogP contribution in [0.25, 0.3) is 11.0 Å². The number of rotatable bonds is 4. The summed E-state index contributed by atoms with van der Waals surface area (Å²) in [5.74, 6) is -0.988. The Hall–Kier alpha value is -1.69. The summed E-state index contributed by atoms with van der Waals surface area (Å²) < 4.78 is 1.90. The number of fused-ring (bicyclic) bond motifs is 1. The Labute approximate surface area is 113 Å². The van der Waals surface area contributed by atoms with Gasteiger partial charge in [-0.2, -0.15) is 11.8 Å². The Morgan fingerprint density at radius 1 is 1.53 bits per heavy atom. The molecule has 1 fully saturated rings. The van der Waals surface area contributed by atoms with Crippen molar-refractivity contribution in [2.45, 2.75) is 24.1 Å². The smallest absolute Gasteiger partial charge is 0.335 e. The van der Waals surface area contributed by atoms with Gasteiger partial charge in [0.2, 0.25) is 0 Å². The fourth-order valence-electron chi connectivity index (χ4n) is 2.31. The molecule has 0 unspecified atom stereocenters. The van der Waals surface area contributed by atoms with Gasteiger partial charge in [0.25, 0.3) is 0 Å². The molecule has 1 aliphatic carbocycles. The van der Waals surface area contributed by atoms with Gasteiger partial charge < -0.3 is 10.1 Å². The molecule has 2 aromatic rings.